The van der Waals surface area contributed by atoms with Crippen LogP contribution >= 0.6 is 0 Å². The summed E-state index contributed by atoms with van der Waals surface area (Å²) in [5.41, 5.74) is 1.97. The number of nitrogens with one attached hydrogen (secondary N) is 1. The standard InChI is InChI=1S/C14H19NO3/c1-9(2)13(16)15-12(14(17)18)8-11-7-5-4-6-10(11)3/h4-7,9,12H,8H2,1-3H3,(H,15,16)(H,17,18). The molecule has 4 heteroatoms. The third kappa shape index (κ3) is 3.87. The van der Waals surface area contributed by atoms with Gasteiger partial charge in [0.1, 0.15) is 6.04 Å². The molecule has 98 valence electrons. The van der Waals surface area contributed by atoms with Gasteiger partial charge in [0.2, 0.25) is 5.91 Å². The summed E-state index contributed by atoms with van der Waals surface area (Å²) < 4.78 is 0. The van der Waals surface area contributed by atoms with Crippen molar-refractivity contribution >= 4 is 11.9 Å². The predicted molar refractivity (Wildman–Crippen MR) is 69.3 cm³/mol. The summed E-state index contributed by atoms with van der Waals surface area (Å²) in [4.78, 5) is 22.7. The summed E-state index contributed by atoms with van der Waals surface area (Å²) in [7, 11) is 0. The van der Waals surface area contributed by atoms with Crippen LogP contribution in [0.5, 0.6) is 0 Å². The number of aliphatic carboxylic acids is 1. The Balaban J connectivity index is 2.79. The zero-order valence-electron chi connectivity index (χ0n) is 10.9. The third-order valence-corrected chi connectivity index (χ3v) is 2.82. The van der Waals surface area contributed by atoms with Gasteiger partial charge in [-0.15, -0.1) is 0 Å². The Morgan fingerprint density at radius 3 is 2.39 bits per heavy atom. The molecule has 2 N–H and O–H groups in total. The van der Waals surface area contributed by atoms with Gasteiger partial charge in [-0.25, -0.2) is 4.79 Å². The molecule has 0 fully saturated rings. The molecule has 0 aliphatic heterocycles. The van der Waals surface area contributed by atoms with Crippen molar-refractivity contribution in [1.29, 1.82) is 0 Å². The molecule has 0 aliphatic carbocycles. The SMILES string of the molecule is Cc1ccccc1CC(NC(=O)C(C)C)C(=O)O. The van der Waals surface area contributed by atoms with Gasteiger partial charge in [-0.05, 0) is 18.1 Å². The first kappa shape index (κ1) is 14.2. The molecule has 1 aromatic carbocycles. The molecule has 1 aromatic rings. The molecule has 0 aliphatic rings. The van der Waals surface area contributed by atoms with E-state index in [2.05, 4.69) is 5.32 Å². The van der Waals surface area contributed by atoms with Crippen LogP contribution in [0.1, 0.15) is 25.0 Å². The number of carboxylic acids is 1. The van der Waals surface area contributed by atoms with Crippen molar-refractivity contribution in [3.63, 3.8) is 0 Å². The highest BCUT2D eigenvalue weighted by molar-refractivity contribution is 5.84. The van der Waals surface area contributed by atoms with Crippen LogP contribution in [0, 0.1) is 12.8 Å². The number of benzene rings is 1. The van der Waals surface area contributed by atoms with Crippen LogP contribution in [0.4, 0.5) is 0 Å². The second-order valence-corrected chi connectivity index (χ2v) is 4.68. The average Bonchev–Trinajstić information content (AvgIpc) is 2.30. The van der Waals surface area contributed by atoms with Crippen LogP contribution < -0.4 is 5.32 Å². The number of amides is 1. The molecule has 1 unspecified atom stereocenters. The molecular formula is C14H19NO3. The monoisotopic (exact) mass is 249 g/mol. The van der Waals surface area contributed by atoms with Gasteiger partial charge in [0.15, 0.2) is 0 Å². The summed E-state index contributed by atoms with van der Waals surface area (Å²) >= 11 is 0. The quantitative estimate of drug-likeness (QED) is 0.835. The highest BCUT2D eigenvalue weighted by Crippen LogP contribution is 2.10. The predicted octanol–water partition coefficient (Wildman–Crippen LogP) is 1.76. The molecule has 4 nitrogen and oxygen atoms in total. The van der Waals surface area contributed by atoms with E-state index in [1.807, 2.05) is 31.2 Å². The largest absolute Gasteiger partial charge is 0.480 e. The lowest BCUT2D eigenvalue weighted by molar-refractivity contribution is -0.142. The molecule has 0 aromatic heterocycles. The summed E-state index contributed by atoms with van der Waals surface area (Å²) in [6.07, 6.45) is 0.306. The Bertz CT molecular complexity index is 440. The van der Waals surface area contributed by atoms with Gasteiger partial charge in [-0.3, -0.25) is 4.79 Å². The topological polar surface area (TPSA) is 66.4 Å². The van der Waals surface area contributed by atoms with Crippen molar-refractivity contribution in [3.05, 3.63) is 35.4 Å². The van der Waals surface area contributed by atoms with Crippen molar-refractivity contribution < 1.29 is 14.7 Å². The maximum absolute atomic E-state index is 11.6. The number of carbonyl (C=O) groups is 2. The molecule has 18 heavy (non-hydrogen) atoms. The fraction of sp³-hybridized carbons (Fsp3) is 0.429. The van der Waals surface area contributed by atoms with E-state index in [0.29, 0.717) is 6.42 Å². The molecule has 0 heterocycles. The minimum atomic E-state index is -1.01. The Hall–Kier alpha value is -1.84. The number of hydrogen-bond acceptors (Lipinski definition) is 2. The van der Waals surface area contributed by atoms with E-state index in [9.17, 15) is 9.59 Å². The average molecular weight is 249 g/mol. The summed E-state index contributed by atoms with van der Waals surface area (Å²) in [5.74, 6) is -1.47. The van der Waals surface area contributed by atoms with Crippen molar-refractivity contribution in [2.24, 2.45) is 5.92 Å². The maximum Gasteiger partial charge on any atom is 0.326 e. The van der Waals surface area contributed by atoms with Gasteiger partial charge < -0.3 is 10.4 Å². The molecule has 1 atom stereocenters. The van der Waals surface area contributed by atoms with Crippen molar-refractivity contribution in [2.45, 2.75) is 33.2 Å². The number of rotatable bonds is 5. The van der Waals surface area contributed by atoms with Gasteiger partial charge in [0.05, 0.1) is 0 Å². The highest BCUT2D eigenvalue weighted by atomic mass is 16.4. The van der Waals surface area contributed by atoms with E-state index in [1.165, 1.54) is 0 Å². The Kier molecular flexibility index (Phi) is 4.89. The fourth-order valence-electron chi connectivity index (χ4n) is 1.60. The van der Waals surface area contributed by atoms with Crippen LogP contribution in [0.15, 0.2) is 24.3 Å². The van der Waals surface area contributed by atoms with Crippen molar-refractivity contribution in [3.8, 4) is 0 Å². The van der Waals surface area contributed by atoms with Crippen LogP contribution in [0.25, 0.3) is 0 Å². The number of carbonyl (C=O) groups excluding carboxylic acids is 1. The van der Waals surface area contributed by atoms with Gasteiger partial charge in [-0.1, -0.05) is 38.1 Å². The molecule has 0 radical (unpaired) electrons. The summed E-state index contributed by atoms with van der Waals surface area (Å²) in [5, 5.41) is 11.7. The highest BCUT2D eigenvalue weighted by Gasteiger charge is 2.22. The van der Waals surface area contributed by atoms with E-state index in [1.54, 1.807) is 13.8 Å². The summed E-state index contributed by atoms with van der Waals surface area (Å²) in [6.45, 7) is 5.41. The van der Waals surface area contributed by atoms with E-state index in [0.717, 1.165) is 11.1 Å². The molecule has 1 rings (SSSR count). The van der Waals surface area contributed by atoms with Crippen LogP contribution in [0.2, 0.25) is 0 Å². The zero-order chi connectivity index (χ0) is 13.7. The molecule has 0 saturated carbocycles. The molecule has 0 bridgehead atoms. The van der Waals surface area contributed by atoms with Gasteiger partial charge >= 0.3 is 5.97 Å². The molecule has 0 spiro atoms. The Morgan fingerprint density at radius 2 is 1.89 bits per heavy atom. The van der Waals surface area contributed by atoms with Crippen molar-refractivity contribution in [2.75, 3.05) is 0 Å². The molecule has 0 saturated heterocycles. The van der Waals surface area contributed by atoms with E-state index >= 15 is 0 Å². The van der Waals surface area contributed by atoms with Crippen LogP contribution in [0.3, 0.4) is 0 Å². The van der Waals surface area contributed by atoms with E-state index in [-0.39, 0.29) is 11.8 Å². The second-order valence-electron chi connectivity index (χ2n) is 4.68. The van der Waals surface area contributed by atoms with E-state index < -0.39 is 12.0 Å². The lowest BCUT2D eigenvalue weighted by Crippen LogP contribution is -2.44. The Morgan fingerprint density at radius 1 is 1.28 bits per heavy atom. The number of hydrogen-bond donors (Lipinski definition) is 2. The summed E-state index contributed by atoms with van der Waals surface area (Å²) in [6, 6.07) is 6.71. The lowest BCUT2D eigenvalue weighted by Gasteiger charge is -2.17. The second kappa shape index (κ2) is 6.19. The van der Waals surface area contributed by atoms with E-state index in [4.69, 9.17) is 5.11 Å². The molecular weight excluding hydrogens is 230 g/mol. The molecule has 1 amide bonds. The van der Waals surface area contributed by atoms with Crippen molar-refractivity contribution in [1.82, 2.24) is 5.32 Å². The van der Waals surface area contributed by atoms with Gasteiger partial charge in [0, 0.05) is 12.3 Å². The first-order valence-corrected chi connectivity index (χ1v) is 5.99. The van der Waals surface area contributed by atoms with Crippen LogP contribution in [-0.2, 0) is 16.0 Å². The lowest BCUT2D eigenvalue weighted by atomic mass is 10.0. The number of carboxylic acid groups (broad SMARTS) is 1. The minimum Gasteiger partial charge on any atom is -0.480 e. The van der Waals surface area contributed by atoms with Gasteiger partial charge in [-0.2, -0.15) is 0 Å². The number of aryl methyl sites for hydroxylation is 1. The first-order valence-electron chi connectivity index (χ1n) is 5.99. The zero-order valence-corrected chi connectivity index (χ0v) is 10.9. The fourth-order valence-corrected chi connectivity index (χ4v) is 1.60. The minimum absolute atomic E-state index is 0.219. The van der Waals surface area contributed by atoms with Crippen LogP contribution in [-0.4, -0.2) is 23.0 Å². The first-order chi connectivity index (χ1) is 8.41. The smallest absolute Gasteiger partial charge is 0.326 e. The normalized spacial score (nSPS) is 12.2. The Labute approximate surface area is 107 Å². The maximum atomic E-state index is 11.6. The van der Waals surface area contributed by atoms with Gasteiger partial charge in [0.25, 0.3) is 0 Å². The third-order valence-electron chi connectivity index (χ3n) is 2.82.